The maximum absolute atomic E-state index is 12.6. The van der Waals surface area contributed by atoms with Gasteiger partial charge in [-0.2, -0.15) is 0 Å². The third-order valence-electron chi connectivity index (χ3n) is 3.98. The Bertz CT molecular complexity index is 934. The molecule has 0 fully saturated rings. The zero-order chi connectivity index (χ0) is 17.8. The van der Waals surface area contributed by atoms with Gasteiger partial charge in [-0.15, -0.1) is 0 Å². The maximum atomic E-state index is 12.6. The van der Waals surface area contributed by atoms with E-state index < -0.39 is 0 Å². The molecule has 4 nitrogen and oxygen atoms in total. The predicted molar refractivity (Wildman–Crippen MR) is 98.9 cm³/mol. The molecule has 1 atom stereocenters. The number of nitrogens with zero attached hydrogens (tertiary/aromatic N) is 1. The van der Waals surface area contributed by atoms with Gasteiger partial charge in [0.25, 0.3) is 11.5 Å². The van der Waals surface area contributed by atoms with E-state index in [2.05, 4.69) is 5.32 Å². The van der Waals surface area contributed by atoms with Crippen molar-refractivity contribution in [2.24, 2.45) is 7.05 Å². The van der Waals surface area contributed by atoms with Crippen LogP contribution in [-0.4, -0.2) is 10.5 Å². The van der Waals surface area contributed by atoms with Crippen molar-refractivity contribution in [1.29, 1.82) is 0 Å². The number of hydrogen-bond donors (Lipinski definition) is 1. The van der Waals surface area contributed by atoms with E-state index >= 15 is 0 Å². The molecule has 0 saturated heterocycles. The summed E-state index contributed by atoms with van der Waals surface area (Å²) in [4.78, 5) is 24.4. The molecule has 0 aliphatic heterocycles. The first-order valence-electron chi connectivity index (χ1n) is 7.82. The highest BCUT2D eigenvalue weighted by molar-refractivity contribution is 6.30. The van der Waals surface area contributed by atoms with Crippen molar-refractivity contribution in [2.75, 3.05) is 0 Å². The molecule has 1 aromatic heterocycles. The fourth-order valence-electron chi connectivity index (χ4n) is 2.56. The summed E-state index contributed by atoms with van der Waals surface area (Å²) >= 11 is 5.97. The van der Waals surface area contributed by atoms with Gasteiger partial charge in [0.1, 0.15) is 0 Å². The van der Waals surface area contributed by atoms with Crippen molar-refractivity contribution >= 4 is 17.5 Å². The molecular formula is C20H17ClN2O2. The summed E-state index contributed by atoms with van der Waals surface area (Å²) in [5.74, 6) is -0.304. The summed E-state index contributed by atoms with van der Waals surface area (Å²) in [5, 5.41) is 3.63. The molecule has 25 heavy (non-hydrogen) atoms. The molecule has 0 aliphatic rings. The largest absolute Gasteiger partial charge is 0.341 e. The first-order chi connectivity index (χ1) is 12.0. The van der Waals surface area contributed by atoms with Crippen LogP contribution in [0.3, 0.4) is 0 Å². The van der Waals surface area contributed by atoms with Crippen molar-refractivity contribution in [3.8, 4) is 0 Å². The summed E-state index contributed by atoms with van der Waals surface area (Å²) in [5.41, 5.74) is 1.96. The molecule has 3 aromatic rings. The van der Waals surface area contributed by atoms with Crippen LogP contribution in [0.5, 0.6) is 0 Å². The highest BCUT2D eigenvalue weighted by atomic mass is 35.5. The number of carbonyl (C=O) groups excluding carboxylic acids is 1. The predicted octanol–water partition coefficient (Wildman–Crippen LogP) is 3.56. The molecule has 0 aliphatic carbocycles. The van der Waals surface area contributed by atoms with Gasteiger partial charge in [0, 0.05) is 29.9 Å². The van der Waals surface area contributed by atoms with E-state index in [9.17, 15) is 9.59 Å². The molecule has 5 heteroatoms. The fourth-order valence-corrected chi connectivity index (χ4v) is 2.69. The molecule has 0 spiro atoms. The van der Waals surface area contributed by atoms with Crippen LogP contribution < -0.4 is 10.9 Å². The molecular weight excluding hydrogens is 336 g/mol. The number of halogens is 1. The van der Waals surface area contributed by atoms with Gasteiger partial charge < -0.3 is 9.88 Å². The van der Waals surface area contributed by atoms with Crippen LogP contribution in [0, 0.1) is 0 Å². The quantitative estimate of drug-likeness (QED) is 0.780. The molecule has 3 rings (SSSR count). The Labute approximate surface area is 150 Å². The number of pyridine rings is 1. The molecule has 1 N–H and O–H groups in total. The minimum absolute atomic E-state index is 0.226. The Morgan fingerprint density at radius 2 is 1.64 bits per heavy atom. The Morgan fingerprint density at radius 3 is 2.28 bits per heavy atom. The van der Waals surface area contributed by atoms with E-state index in [4.69, 9.17) is 11.6 Å². The van der Waals surface area contributed by atoms with Crippen LogP contribution >= 0.6 is 11.6 Å². The average molecular weight is 353 g/mol. The SMILES string of the molecule is Cn1ccc(C(=O)NC(c2ccccc2)c2ccc(Cl)cc2)cc1=O. The minimum Gasteiger partial charge on any atom is -0.341 e. The summed E-state index contributed by atoms with van der Waals surface area (Å²) in [6.07, 6.45) is 1.58. The highest BCUT2D eigenvalue weighted by Crippen LogP contribution is 2.24. The zero-order valence-electron chi connectivity index (χ0n) is 13.6. The molecule has 1 heterocycles. The van der Waals surface area contributed by atoms with Gasteiger partial charge in [-0.1, -0.05) is 54.1 Å². The van der Waals surface area contributed by atoms with Crippen LogP contribution in [0.4, 0.5) is 0 Å². The number of aromatic nitrogens is 1. The fraction of sp³-hybridized carbons (Fsp3) is 0.100. The van der Waals surface area contributed by atoms with Crippen LogP contribution in [0.1, 0.15) is 27.5 Å². The molecule has 2 aromatic carbocycles. The van der Waals surface area contributed by atoms with Gasteiger partial charge in [-0.3, -0.25) is 9.59 Å². The maximum Gasteiger partial charge on any atom is 0.252 e. The lowest BCUT2D eigenvalue weighted by molar-refractivity contribution is 0.0942. The Balaban J connectivity index is 1.94. The van der Waals surface area contributed by atoms with E-state index in [1.54, 1.807) is 31.4 Å². The topological polar surface area (TPSA) is 51.1 Å². The molecule has 1 unspecified atom stereocenters. The minimum atomic E-state index is -0.338. The third kappa shape index (κ3) is 3.98. The van der Waals surface area contributed by atoms with Crippen LogP contribution in [0.15, 0.2) is 77.7 Å². The number of amides is 1. The van der Waals surface area contributed by atoms with E-state index in [1.165, 1.54) is 10.6 Å². The second-order valence-electron chi connectivity index (χ2n) is 5.73. The van der Waals surface area contributed by atoms with Crippen molar-refractivity contribution in [1.82, 2.24) is 9.88 Å². The first-order valence-corrected chi connectivity index (χ1v) is 8.20. The smallest absolute Gasteiger partial charge is 0.252 e. The molecule has 0 radical (unpaired) electrons. The van der Waals surface area contributed by atoms with Crippen molar-refractivity contribution in [3.05, 3.63) is 105 Å². The van der Waals surface area contributed by atoms with Gasteiger partial charge in [0.15, 0.2) is 0 Å². The van der Waals surface area contributed by atoms with Crippen molar-refractivity contribution < 1.29 is 4.79 Å². The van der Waals surface area contributed by atoms with Crippen molar-refractivity contribution in [2.45, 2.75) is 6.04 Å². The van der Waals surface area contributed by atoms with Crippen molar-refractivity contribution in [3.63, 3.8) is 0 Å². The van der Waals surface area contributed by atoms with Gasteiger partial charge >= 0.3 is 0 Å². The molecule has 126 valence electrons. The lowest BCUT2D eigenvalue weighted by Gasteiger charge is -2.20. The number of carbonyl (C=O) groups is 1. The zero-order valence-corrected chi connectivity index (χ0v) is 14.4. The average Bonchev–Trinajstić information content (AvgIpc) is 2.63. The Morgan fingerprint density at radius 1 is 1.00 bits per heavy atom. The summed E-state index contributed by atoms with van der Waals surface area (Å²) in [6, 6.07) is 19.6. The van der Waals surface area contributed by atoms with Gasteiger partial charge in [-0.05, 0) is 29.3 Å². The summed E-state index contributed by atoms with van der Waals surface area (Å²) in [6.45, 7) is 0. The second kappa shape index (κ2) is 7.36. The van der Waals surface area contributed by atoms with Gasteiger partial charge in [0.05, 0.1) is 6.04 Å². The molecule has 0 saturated carbocycles. The standard InChI is InChI=1S/C20H17ClN2O2/c1-23-12-11-16(13-18(23)24)20(25)22-19(14-5-3-2-4-6-14)15-7-9-17(21)10-8-15/h2-13,19H,1H3,(H,22,25). The molecule has 0 bridgehead atoms. The second-order valence-corrected chi connectivity index (χ2v) is 6.17. The van der Waals surface area contributed by atoms with Gasteiger partial charge in [-0.25, -0.2) is 0 Å². The van der Waals surface area contributed by atoms with Gasteiger partial charge in [0.2, 0.25) is 0 Å². The first kappa shape index (κ1) is 17.0. The van der Waals surface area contributed by atoms with Crippen LogP contribution in [-0.2, 0) is 7.05 Å². The highest BCUT2D eigenvalue weighted by Gasteiger charge is 2.18. The van der Waals surface area contributed by atoms with Crippen LogP contribution in [0.25, 0.3) is 0 Å². The summed E-state index contributed by atoms with van der Waals surface area (Å²) in [7, 11) is 1.64. The number of nitrogens with one attached hydrogen (secondary N) is 1. The number of benzene rings is 2. The van der Waals surface area contributed by atoms with Crippen LogP contribution in [0.2, 0.25) is 5.02 Å². The van der Waals surface area contributed by atoms with E-state index in [-0.39, 0.29) is 17.5 Å². The van der Waals surface area contributed by atoms with E-state index in [1.807, 2.05) is 42.5 Å². The Kier molecular flexibility index (Phi) is 5.00. The lowest BCUT2D eigenvalue weighted by atomic mass is 9.98. The summed E-state index contributed by atoms with van der Waals surface area (Å²) < 4.78 is 1.42. The Hall–Kier alpha value is -2.85. The monoisotopic (exact) mass is 352 g/mol. The molecule has 1 amide bonds. The normalized spacial score (nSPS) is 11.8. The number of aryl methyl sites for hydroxylation is 1. The third-order valence-corrected chi connectivity index (χ3v) is 4.23. The number of rotatable bonds is 4. The van der Waals surface area contributed by atoms with E-state index in [0.717, 1.165) is 11.1 Å². The van der Waals surface area contributed by atoms with E-state index in [0.29, 0.717) is 10.6 Å². The number of hydrogen-bond acceptors (Lipinski definition) is 2. The lowest BCUT2D eigenvalue weighted by Crippen LogP contribution is -2.30.